The van der Waals surface area contributed by atoms with Crippen LogP contribution in [-0.4, -0.2) is 41.9 Å². The number of carbonyl (C=O) groups excluding carboxylic acids is 1. The van der Waals surface area contributed by atoms with Crippen LogP contribution in [0, 0.1) is 0 Å². The normalized spacial score (nSPS) is 30.2. The first-order valence-corrected chi connectivity index (χ1v) is 9.66. The molecule has 2 heterocycles. The maximum absolute atomic E-state index is 10.5. The average molecular weight is 266 g/mol. The second-order valence-electron chi connectivity index (χ2n) is 3.37. The van der Waals surface area contributed by atoms with Gasteiger partial charge in [0.15, 0.2) is 0 Å². The molecule has 0 aromatic rings. The van der Waals surface area contributed by atoms with Gasteiger partial charge in [-0.1, -0.05) is 0 Å². The quantitative estimate of drug-likeness (QED) is 0.416. The van der Waals surface area contributed by atoms with E-state index >= 15 is 0 Å². The molecular formula is C7H18O5Si3. The predicted octanol–water partition coefficient (Wildman–Crippen LogP) is -0.999. The smallest absolute Gasteiger partial charge is 0.305 e. The lowest BCUT2D eigenvalue weighted by atomic mass is 10.2. The zero-order chi connectivity index (χ0) is 10.9. The first kappa shape index (κ1) is 13.1. The predicted molar refractivity (Wildman–Crippen MR) is 62.8 cm³/mol. The SMILES string of the molecule is C[SiH]1O[SiH2]O[SiH2]O1.O=C1CCCCCO1. The zero-order valence-electron chi connectivity index (χ0n) is 9.07. The molecule has 88 valence electrons. The minimum absolute atomic E-state index is 0.0255. The van der Waals surface area contributed by atoms with Gasteiger partial charge in [-0.15, -0.1) is 0 Å². The third kappa shape index (κ3) is 6.98. The summed E-state index contributed by atoms with van der Waals surface area (Å²) in [5.74, 6) is -0.0255. The Labute approximate surface area is 96.4 Å². The van der Waals surface area contributed by atoms with Crippen molar-refractivity contribution >= 4 is 35.3 Å². The van der Waals surface area contributed by atoms with Crippen molar-refractivity contribution in [2.75, 3.05) is 6.61 Å². The molecule has 0 saturated carbocycles. The summed E-state index contributed by atoms with van der Waals surface area (Å²) >= 11 is 0. The number of carbonyl (C=O) groups is 1. The molecule has 5 nitrogen and oxygen atoms in total. The molecular weight excluding hydrogens is 248 g/mol. The van der Waals surface area contributed by atoms with Crippen LogP contribution in [0.2, 0.25) is 6.55 Å². The summed E-state index contributed by atoms with van der Waals surface area (Å²) in [5.41, 5.74) is 0. The lowest BCUT2D eigenvalue weighted by Gasteiger charge is -2.17. The van der Waals surface area contributed by atoms with Crippen molar-refractivity contribution in [1.29, 1.82) is 0 Å². The van der Waals surface area contributed by atoms with Gasteiger partial charge < -0.3 is 17.1 Å². The molecule has 8 heteroatoms. The fraction of sp³-hybridized carbons (Fsp3) is 0.857. The van der Waals surface area contributed by atoms with Gasteiger partial charge in [0.2, 0.25) is 0 Å². The van der Waals surface area contributed by atoms with Gasteiger partial charge in [-0.05, 0) is 25.8 Å². The molecule has 0 aromatic heterocycles. The van der Waals surface area contributed by atoms with E-state index in [2.05, 4.69) is 0 Å². The Balaban J connectivity index is 0.000000151. The van der Waals surface area contributed by atoms with E-state index in [0.717, 1.165) is 19.3 Å². The van der Waals surface area contributed by atoms with Crippen LogP contribution in [0.15, 0.2) is 0 Å². The van der Waals surface area contributed by atoms with E-state index in [1.165, 1.54) is 0 Å². The van der Waals surface area contributed by atoms with Crippen molar-refractivity contribution in [2.45, 2.75) is 32.2 Å². The first-order chi connectivity index (χ1) is 7.29. The second-order valence-corrected chi connectivity index (χ2v) is 9.28. The molecule has 0 amide bonds. The standard InChI is InChI=1S/C6H10O2.CH8O3Si3/c7-6-4-2-1-3-5-8-6;1-7-3-5-2-6-4-7/h1-5H2;7H,5-6H2,1H3. The van der Waals surface area contributed by atoms with E-state index in [4.69, 9.17) is 17.1 Å². The van der Waals surface area contributed by atoms with Gasteiger partial charge in [0.05, 0.1) is 6.61 Å². The summed E-state index contributed by atoms with van der Waals surface area (Å²) in [6.45, 7) is 2.68. The Kier molecular flexibility index (Phi) is 7.13. The molecule has 0 unspecified atom stereocenters. The van der Waals surface area contributed by atoms with Crippen molar-refractivity contribution in [3.8, 4) is 0 Å². The highest BCUT2D eigenvalue weighted by Crippen LogP contribution is 2.06. The minimum Gasteiger partial charge on any atom is -0.466 e. The van der Waals surface area contributed by atoms with Gasteiger partial charge in [0, 0.05) is 6.42 Å². The van der Waals surface area contributed by atoms with Crippen LogP contribution in [0.4, 0.5) is 0 Å². The topological polar surface area (TPSA) is 54.0 Å². The van der Waals surface area contributed by atoms with Crippen molar-refractivity contribution in [1.82, 2.24) is 0 Å². The number of rotatable bonds is 0. The Morgan fingerprint density at radius 2 is 1.93 bits per heavy atom. The van der Waals surface area contributed by atoms with Crippen LogP contribution in [0.3, 0.4) is 0 Å². The fourth-order valence-electron chi connectivity index (χ4n) is 1.18. The molecule has 2 saturated heterocycles. The third-order valence-electron chi connectivity index (χ3n) is 2.06. The molecule has 0 spiro atoms. The average Bonchev–Trinajstić information content (AvgIpc) is 2.48. The van der Waals surface area contributed by atoms with E-state index in [9.17, 15) is 4.79 Å². The van der Waals surface area contributed by atoms with Crippen LogP contribution in [0.25, 0.3) is 0 Å². The first-order valence-electron chi connectivity index (χ1n) is 5.25. The van der Waals surface area contributed by atoms with E-state index in [1.807, 2.05) is 6.55 Å². The highest BCUT2D eigenvalue weighted by molar-refractivity contribution is 6.60. The Hall–Kier alpha value is 0.000649. The van der Waals surface area contributed by atoms with E-state index in [1.54, 1.807) is 0 Å². The summed E-state index contributed by atoms with van der Waals surface area (Å²) in [7, 11) is -2.18. The van der Waals surface area contributed by atoms with Crippen LogP contribution in [-0.2, 0) is 21.9 Å². The van der Waals surface area contributed by atoms with Crippen molar-refractivity contribution < 1.29 is 21.9 Å². The van der Waals surface area contributed by atoms with Gasteiger partial charge in [-0.3, -0.25) is 4.79 Å². The third-order valence-corrected chi connectivity index (χ3v) is 8.24. The Morgan fingerprint density at radius 1 is 1.20 bits per heavy atom. The van der Waals surface area contributed by atoms with E-state index in [-0.39, 0.29) is 5.97 Å². The van der Waals surface area contributed by atoms with Crippen LogP contribution < -0.4 is 0 Å². The number of cyclic esters (lactones) is 1. The van der Waals surface area contributed by atoms with Crippen LogP contribution in [0.1, 0.15) is 25.7 Å². The molecule has 0 bridgehead atoms. The monoisotopic (exact) mass is 266 g/mol. The maximum Gasteiger partial charge on any atom is 0.305 e. The van der Waals surface area contributed by atoms with Crippen molar-refractivity contribution in [3.63, 3.8) is 0 Å². The van der Waals surface area contributed by atoms with Crippen molar-refractivity contribution in [3.05, 3.63) is 0 Å². The molecule has 0 aliphatic carbocycles. The molecule has 2 rings (SSSR count). The number of hydrogen-bond donors (Lipinski definition) is 0. The van der Waals surface area contributed by atoms with Crippen molar-refractivity contribution in [2.24, 2.45) is 0 Å². The molecule has 15 heavy (non-hydrogen) atoms. The molecule has 0 atom stereocenters. The number of ether oxygens (including phenoxy) is 1. The van der Waals surface area contributed by atoms with E-state index < -0.39 is 29.3 Å². The minimum atomic E-state index is -1.10. The molecule has 2 aliphatic rings. The van der Waals surface area contributed by atoms with E-state index in [0.29, 0.717) is 13.0 Å². The summed E-state index contributed by atoms with van der Waals surface area (Å²) < 4.78 is 20.1. The van der Waals surface area contributed by atoms with Gasteiger partial charge in [0.1, 0.15) is 0 Å². The van der Waals surface area contributed by atoms with Gasteiger partial charge in [-0.2, -0.15) is 0 Å². The number of esters is 1. The lowest BCUT2D eigenvalue weighted by Crippen LogP contribution is -2.32. The van der Waals surface area contributed by atoms with Gasteiger partial charge >= 0.3 is 5.97 Å². The van der Waals surface area contributed by atoms with Gasteiger partial charge in [-0.25, -0.2) is 0 Å². The molecule has 2 fully saturated rings. The highest BCUT2D eigenvalue weighted by Gasteiger charge is 2.09. The Bertz CT molecular complexity index is 175. The maximum atomic E-state index is 10.5. The highest BCUT2D eigenvalue weighted by atomic mass is 28.4. The molecule has 2 aliphatic heterocycles. The second kappa shape index (κ2) is 8.19. The molecule has 0 aromatic carbocycles. The number of hydrogen-bond acceptors (Lipinski definition) is 5. The molecule has 0 N–H and O–H groups in total. The fourth-order valence-corrected chi connectivity index (χ4v) is 6.73. The Morgan fingerprint density at radius 3 is 2.53 bits per heavy atom. The zero-order valence-corrected chi connectivity index (χ0v) is 13.1. The lowest BCUT2D eigenvalue weighted by molar-refractivity contribution is -0.142. The summed E-state index contributed by atoms with van der Waals surface area (Å²) in [5, 5.41) is 0. The molecule has 0 radical (unpaired) electrons. The summed E-state index contributed by atoms with van der Waals surface area (Å²) in [6, 6.07) is 0. The van der Waals surface area contributed by atoms with Crippen LogP contribution in [0.5, 0.6) is 0 Å². The van der Waals surface area contributed by atoms with Crippen LogP contribution >= 0.6 is 0 Å². The largest absolute Gasteiger partial charge is 0.466 e. The summed E-state index contributed by atoms with van der Waals surface area (Å²) in [4.78, 5) is 10.5. The summed E-state index contributed by atoms with van der Waals surface area (Å²) in [6.07, 6.45) is 3.83. The van der Waals surface area contributed by atoms with Gasteiger partial charge in [0.25, 0.3) is 29.3 Å².